The SMILES string of the molecule is Cc1cn(-c2ccc(/C=C/C(=O)N3CCCCC(F)(c4ccc(F)cc4)C3)cc2C)cn1. The van der Waals surface area contributed by atoms with Gasteiger partial charge in [0.15, 0.2) is 5.67 Å². The monoisotopic (exact) mass is 435 g/mol. The molecule has 1 saturated heterocycles. The van der Waals surface area contributed by atoms with Crippen LogP contribution < -0.4 is 0 Å². The van der Waals surface area contributed by atoms with Gasteiger partial charge in [-0.25, -0.2) is 13.8 Å². The highest BCUT2D eigenvalue weighted by molar-refractivity contribution is 5.92. The molecule has 1 aliphatic heterocycles. The van der Waals surface area contributed by atoms with Crippen LogP contribution in [0.15, 0.2) is 61.1 Å². The number of rotatable bonds is 4. The zero-order chi connectivity index (χ0) is 22.7. The molecule has 2 aromatic carbocycles. The van der Waals surface area contributed by atoms with Crippen molar-refractivity contribution in [3.05, 3.63) is 89.3 Å². The van der Waals surface area contributed by atoms with Gasteiger partial charge in [-0.1, -0.05) is 18.2 Å². The van der Waals surface area contributed by atoms with Crippen LogP contribution in [-0.4, -0.2) is 33.4 Å². The van der Waals surface area contributed by atoms with Gasteiger partial charge in [-0.15, -0.1) is 0 Å². The highest BCUT2D eigenvalue weighted by Crippen LogP contribution is 2.35. The Morgan fingerprint density at radius 1 is 1.12 bits per heavy atom. The second-order valence-electron chi connectivity index (χ2n) is 8.49. The predicted octanol–water partition coefficient (Wildman–Crippen LogP) is 5.52. The van der Waals surface area contributed by atoms with Gasteiger partial charge in [-0.05, 0) is 80.1 Å². The van der Waals surface area contributed by atoms with E-state index in [1.807, 2.05) is 42.8 Å². The molecule has 1 aliphatic rings. The molecule has 32 heavy (non-hydrogen) atoms. The number of imidazole rings is 1. The van der Waals surface area contributed by atoms with E-state index in [-0.39, 0.29) is 12.5 Å². The lowest BCUT2D eigenvalue weighted by Gasteiger charge is -2.29. The summed E-state index contributed by atoms with van der Waals surface area (Å²) < 4.78 is 31.0. The zero-order valence-corrected chi connectivity index (χ0v) is 18.4. The number of carbonyl (C=O) groups excluding carboxylic acids is 1. The molecule has 3 aromatic rings. The van der Waals surface area contributed by atoms with Crippen molar-refractivity contribution in [2.75, 3.05) is 13.1 Å². The van der Waals surface area contributed by atoms with E-state index in [4.69, 9.17) is 0 Å². The van der Waals surface area contributed by atoms with Crippen molar-refractivity contribution in [2.24, 2.45) is 0 Å². The van der Waals surface area contributed by atoms with Crippen LogP contribution in [0.1, 0.15) is 41.6 Å². The molecule has 0 N–H and O–H groups in total. The van der Waals surface area contributed by atoms with Crippen LogP contribution in [0.2, 0.25) is 0 Å². The first-order chi connectivity index (χ1) is 15.3. The van der Waals surface area contributed by atoms with Crippen molar-refractivity contribution in [2.45, 2.75) is 38.8 Å². The summed E-state index contributed by atoms with van der Waals surface area (Å²) in [6.07, 6.45) is 8.75. The van der Waals surface area contributed by atoms with Crippen LogP contribution in [0, 0.1) is 19.7 Å². The standard InChI is InChI=1S/C26H27F2N3O/c1-19-15-21(5-11-24(19)31-16-20(2)29-18-31)6-12-25(32)30-14-4-3-13-26(28,17-30)22-7-9-23(27)10-8-22/h5-12,15-16,18H,3-4,13-14,17H2,1-2H3/b12-6+. The van der Waals surface area contributed by atoms with Gasteiger partial charge in [0, 0.05) is 24.5 Å². The molecule has 4 nitrogen and oxygen atoms in total. The zero-order valence-electron chi connectivity index (χ0n) is 18.4. The topological polar surface area (TPSA) is 38.1 Å². The second kappa shape index (κ2) is 9.07. The Balaban J connectivity index is 1.49. The predicted molar refractivity (Wildman–Crippen MR) is 122 cm³/mol. The molecule has 0 saturated carbocycles. The van der Waals surface area contributed by atoms with E-state index >= 15 is 4.39 Å². The van der Waals surface area contributed by atoms with Crippen LogP contribution in [0.4, 0.5) is 8.78 Å². The Morgan fingerprint density at radius 3 is 2.59 bits per heavy atom. The second-order valence-corrected chi connectivity index (χ2v) is 8.49. The average Bonchev–Trinajstić information content (AvgIpc) is 3.09. The molecular formula is C26H27F2N3O. The molecule has 1 atom stereocenters. The number of likely N-dealkylation sites (tertiary alicyclic amines) is 1. The minimum Gasteiger partial charge on any atom is -0.336 e. The smallest absolute Gasteiger partial charge is 0.246 e. The lowest BCUT2D eigenvalue weighted by Crippen LogP contribution is -2.39. The fraction of sp³-hybridized carbons (Fsp3) is 0.308. The molecule has 4 rings (SSSR count). The number of carbonyl (C=O) groups is 1. The van der Waals surface area contributed by atoms with Gasteiger partial charge < -0.3 is 9.47 Å². The van der Waals surface area contributed by atoms with Crippen molar-refractivity contribution in [1.82, 2.24) is 14.5 Å². The van der Waals surface area contributed by atoms with Crippen molar-refractivity contribution >= 4 is 12.0 Å². The molecule has 166 valence electrons. The summed E-state index contributed by atoms with van der Waals surface area (Å²) >= 11 is 0. The van der Waals surface area contributed by atoms with Gasteiger partial charge in [0.1, 0.15) is 5.82 Å². The summed E-state index contributed by atoms with van der Waals surface area (Å²) in [5.41, 5.74) is 2.68. The van der Waals surface area contributed by atoms with E-state index < -0.39 is 11.5 Å². The maximum absolute atomic E-state index is 15.8. The maximum atomic E-state index is 15.8. The summed E-state index contributed by atoms with van der Waals surface area (Å²) in [6.45, 7) is 4.44. The van der Waals surface area contributed by atoms with Crippen LogP contribution in [-0.2, 0) is 10.5 Å². The first kappa shape index (κ1) is 21.9. The number of aryl methyl sites for hydroxylation is 2. The van der Waals surface area contributed by atoms with Crippen LogP contribution in [0.3, 0.4) is 0 Å². The fourth-order valence-corrected chi connectivity index (χ4v) is 4.24. The van der Waals surface area contributed by atoms with Crippen molar-refractivity contribution in [3.63, 3.8) is 0 Å². The third-order valence-corrected chi connectivity index (χ3v) is 5.99. The van der Waals surface area contributed by atoms with Gasteiger partial charge in [-0.2, -0.15) is 0 Å². The average molecular weight is 436 g/mol. The van der Waals surface area contributed by atoms with E-state index in [2.05, 4.69) is 4.98 Å². The Kier molecular flexibility index (Phi) is 6.21. The highest BCUT2D eigenvalue weighted by Gasteiger charge is 2.36. The molecule has 1 aromatic heterocycles. The van der Waals surface area contributed by atoms with Gasteiger partial charge >= 0.3 is 0 Å². The minimum absolute atomic E-state index is 0.0280. The number of halogens is 2. The number of hydrogen-bond acceptors (Lipinski definition) is 2. The molecule has 1 amide bonds. The van der Waals surface area contributed by atoms with Crippen molar-refractivity contribution in [1.29, 1.82) is 0 Å². The maximum Gasteiger partial charge on any atom is 0.246 e. The number of alkyl halides is 1. The van der Waals surface area contributed by atoms with Gasteiger partial charge in [-0.3, -0.25) is 4.79 Å². The Morgan fingerprint density at radius 2 is 1.91 bits per heavy atom. The van der Waals surface area contributed by atoms with Crippen LogP contribution in [0.5, 0.6) is 0 Å². The molecule has 2 heterocycles. The molecule has 0 radical (unpaired) electrons. The van der Waals surface area contributed by atoms with E-state index in [9.17, 15) is 9.18 Å². The van der Waals surface area contributed by atoms with Crippen LogP contribution in [0.25, 0.3) is 11.8 Å². The molecule has 0 aliphatic carbocycles. The van der Waals surface area contributed by atoms with Gasteiger partial charge in [0.25, 0.3) is 0 Å². The quantitative estimate of drug-likeness (QED) is 0.506. The van der Waals surface area contributed by atoms with E-state index in [0.29, 0.717) is 24.9 Å². The molecular weight excluding hydrogens is 408 g/mol. The summed E-state index contributed by atoms with van der Waals surface area (Å²) in [6, 6.07) is 11.4. The molecule has 6 heteroatoms. The largest absolute Gasteiger partial charge is 0.336 e. The number of aromatic nitrogens is 2. The van der Waals surface area contributed by atoms with Gasteiger partial charge in [0.2, 0.25) is 5.91 Å². The summed E-state index contributed by atoms with van der Waals surface area (Å²) in [5.74, 6) is -0.616. The Bertz CT molecular complexity index is 1140. The van der Waals surface area contributed by atoms with E-state index in [1.54, 1.807) is 17.3 Å². The third-order valence-electron chi connectivity index (χ3n) is 5.99. The molecule has 0 bridgehead atoms. The van der Waals surface area contributed by atoms with E-state index in [1.165, 1.54) is 30.3 Å². The summed E-state index contributed by atoms with van der Waals surface area (Å²) in [5, 5.41) is 0. The number of nitrogens with zero attached hydrogens (tertiary/aromatic N) is 3. The summed E-state index contributed by atoms with van der Waals surface area (Å²) in [4.78, 5) is 18.7. The normalized spacial score (nSPS) is 19.3. The first-order valence-electron chi connectivity index (χ1n) is 10.9. The Labute approximate surface area is 187 Å². The fourth-order valence-electron chi connectivity index (χ4n) is 4.24. The molecule has 0 spiro atoms. The van der Waals surface area contributed by atoms with E-state index in [0.717, 1.165) is 28.9 Å². The lowest BCUT2D eigenvalue weighted by atomic mass is 9.91. The Hall–Kier alpha value is -3.28. The molecule has 1 fully saturated rings. The number of hydrogen-bond donors (Lipinski definition) is 0. The van der Waals surface area contributed by atoms with Gasteiger partial charge in [0.05, 0.1) is 18.6 Å². The van der Waals surface area contributed by atoms with Crippen molar-refractivity contribution in [3.8, 4) is 5.69 Å². The van der Waals surface area contributed by atoms with Crippen molar-refractivity contribution < 1.29 is 13.6 Å². The first-order valence-corrected chi connectivity index (χ1v) is 10.9. The van der Waals surface area contributed by atoms with Crippen LogP contribution >= 0.6 is 0 Å². The molecule has 1 unspecified atom stereocenters. The lowest BCUT2D eigenvalue weighted by molar-refractivity contribution is -0.127. The summed E-state index contributed by atoms with van der Waals surface area (Å²) in [7, 11) is 0. The third kappa shape index (κ3) is 4.79. The highest BCUT2D eigenvalue weighted by atomic mass is 19.1. The minimum atomic E-state index is -1.67. The number of amides is 1. The number of benzene rings is 2.